The maximum absolute atomic E-state index is 14.7. The van der Waals surface area contributed by atoms with Crippen LogP contribution in [0.5, 0.6) is 5.75 Å². The highest BCUT2D eigenvalue weighted by Crippen LogP contribution is 2.42. The third-order valence-electron chi connectivity index (χ3n) is 4.66. The van der Waals surface area contributed by atoms with Crippen molar-refractivity contribution in [1.29, 1.82) is 0 Å². The van der Waals surface area contributed by atoms with Gasteiger partial charge >= 0.3 is 0 Å². The highest BCUT2D eigenvalue weighted by atomic mass is 32.1. The van der Waals surface area contributed by atoms with Gasteiger partial charge in [-0.3, -0.25) is 9.48 Å². The quantitative estimate of drug-likeness (QED) is 0.653. The van der Waals surface area contributed by atoms with Crippen LogP contribution in [0.4, 0.5) is 4.39 Å². The molecule has 0 radical (unpaired) electrons. The van der Waals surface area contributed by atoms with Crippen molar-refractivity contribution in [3.8, 4) is 27.4 Å². The van der Waals surface area contributed by atoms with Crippen molar-refractivity contribution in [2.75, 3.05) is 6.61 Å². The summed E-state index contributed by atoms with van der Waals surface area (Å²) in [5.74, 6) is -0.0325. The summed E-state index contributed by atoms with van der Waals surface area (Å²) < 4.78 is 21.8. The van der Waals surface area contributed by atoms with Crippen LogP contribution in [-0.2, 0) is 13.5 Å². The van der Waals surface area contributed by atoms with Crippen molar-refractivity contribution in [1.82, 2.24) is 9.78 Å². The summed E-state index contributed by atoms with van der Waals surface area (Å²) in [6.07, 6.45) is 2.42. The van der Waals surface area contributed by atoms with Gasteiger partial charge in [0.1, 0.15) is 11.4 Å². The van der Waals surface area contributed by atoms with Crippen LogP contribution in [0, 0.1) is 12.7 Å². The number of aryl methyl sites for hydroxylation is 1. The van der Waals surface area contributed by atoms with Gasteiger partial charge in [-0.05, 0) is 48.4 Å². The lowest BCUT2D eigenvalue weighted by atomic mass is 9.91. The number of halogens is 1. The zero-order valence-electron chi connectivity index (χ0n) is 14.0. The van der Waals surface area contributed by atoms with E-state index in [1.54, 1.807) is 23.1 Å². The molecule has 4 rings (SSSR count). The molecule has 128 valence electrons. The van der Waals surface area contributed by atoms with Gasteiger partial charge < -0.3 is 4.74 Å². The van der Waals surface area contributed by atoms with Crippen molar-refractivity contribution >= 4 is 17.6 Å². The van der Waals surface area contributed by atoms with Crippen molar-refractivity contribution < 1.29 is 13.9 Å². The zero-order valence-corrected chi connectivity index (χ0v) is 14.8. The SMILES string of the molecule is Cc1c(-c2c(-c3cccs3)nn(C)c2C=O)cc(F)c2c1CCCO2. The second kappa shape index (κ2) is 6.11. The molecule has 1 aliphatic rings. The third-order valence-corrected chi connectivity index (χ3v) is 5.54. The Balaban J connectivity index is 2.03. The molecule has 0 bridgehead atoms. The molecule has 0 saturated heterocycles. The monoisotopic (exact) mass is 356 g/mol. The van der Waals surface area contributed by atoms with E-state index in [9.17, 15) is 9.18 Å². The van der Waals surface area contributed by atoms with Gasteiger partial charge in [0.05, 0.1) is 11.5 Å². The van der Waals surface area contributed by atoms with Gasteiger partial charge in [0.2, 0.25) is 0 Å². The van der Waals surface area contributed by atoms with Crippen LogP contribution in [0.25, 0.3) is 21.7 Å². The highest BCUT2D eigenvalue weighted by molar-refractivity contribution is 7.13. The van der Waals surface area contributed by atoms with Crippen LogP contribution in [0.2, 0.25) is 0 Å². The number of ether oxygens (including phenoxy) is 1. The number of carbonyl (C=O) groups excluding carboxylic acids is 1. The fourth-order valence-corrected chi connectivity index (χ4v) is 4.16. The standard InChI is InChI=1S/C19H17FN2O2S/c1-11-12-5-3-7-24-19(12)14(20)9-13(11)17-15(10-23)22(2)21-18(17)16-6-4-8-25-16/h4,6,8-10H,3,5,7H2,1-2H3. The van der Waals surface area contributed by atoms with E-state index in [0.717, 1.165) is 35.1 Å². The number of hydrogen-bond acceptors (Lipinski definition) is 4. The molecule has 3 heterocycles. The number of fused-ring (bicyclic) bond motifs is 1. The molecule has 1 aromatic carbocycles. The minimum absolute atomic E-state index is 0.349. The molecule has 0 aliphatic carbocycles. The van der Waals surface area contributed by atoms with Crippen molar-refractivity contribution in [2.45, 2.75) is 19.8 Å². The molecule has 25 heavy (non-hydrogen) atoms. The maximum Gasteiger partial charge on any atom is 0.168 e. The second-order valence-electron chi connectivity index (χ2n) is 6.12. The van der Waals surface area contributed by atoms with E-state index in [1.165, 1.54) is 6.07 Å². The number of thiophene rings is 1. The normalized spacial score (nSPS) is 13.4. The fourth-order valence-electron chi connectivity index (χ4n) is 3.44. The number of benzene rings is 1. The summed E-state index contributed by atoms with van der Waals surface area (Å²) in [6, 6.07) is 5.37. The molecule has 0 atom stereocenters. The molecular weight excluding hydrogens is 339 g/mol. The molecule has 2 aromatic heterocycles. The Hall–Kier alpha value is -2.47. The third kappa shape index (κ3) is 2.48. The van der Waals surface area contributed by atoms with Gasteiger partial charge in [-0.25, -0.2) is 4.39 Å². The Morgan fingerprint density at radius 2 is 2.28 bits per heavy atom. The number of aldehydes is 1. The van der Waals surface area contributed by atoms with Crippen LogP contribution < -0.4 is 4.74 Å². The molecule has 6 heteroatoms. The molecule has 3 aromatic rings. The highest BCUT2D eigenvalue weighted by Gasteiger charge is 2.26. The molecule has 4 nitrogen and oxygen atoms in total. The minimum atomic E-state index is -0.381. The molecular formula is C19H17FN2O2S. The molecule has 0 fully saturated rings. The van der Waals surface area contributed by atoms with Crippen LogP contribution in [0.15, 0.2) is 23.6 Å². The van der Waals surface area contributed by atoms with Crippen LogP contribution in [-0.4, -0.2) is 22.7 Å². The van der Waals surface area contributed by atoms with E-state index in [0.29, 0.717) is 34.9 Å². The van der Waals surface area contributed by atoms with E-state index in [4.69, 9.17) is 4.74 Å². The van der Waals surface area contributed by atoms with Crippen molar-refractivity contribution in [3.05, 3.63) is 46.2 Å². The Morgan fingerprint density at radius 3 is 3.00 bits per heavy atom. The summed E-state index contributed by atoms with van der Waals surface area (Å²) in [4.78, 5) is 12.7. The molecule has 0 amide bonds. The average Bonchev–Trinajstić information content (AvgIpc) is 3.25. The summed E-state index contributed by atoms with van der Waals surface area (Å²) in [5.41, 5.74) is 4.38. The topological polar surface area (TPSA) is 44.1 Å². The molecule has 0 N–H and O–H groups in total. The van der Waals surface area contributed by atoms with Gasteiger partial charge in [-0.15, -0.1) is 11.3 Å². The fraction of sp³-hybridized carbons (Fsp3) is 0.263. The molecule has 1 aliphatic heterocycles. The molecule has 0 spiro atoms. The van der Waals surface area contributed by atoms with Crippen LogP contribution >= 0.6 is 11.3 Å². The van der Waals surface area contributed by atoms with E-state index in [1.807, 2.05) is 24.4 Å². The summed E-state index contributed by atoms with van der Waals surface area (Å²) in [6.45, 7) is 2.50. The molecule has 0 unspecified atom stereocenters. The first-order valence-electron chi connectivity index (χ1n) is 8.13. The summed E-state index contributed by atoms with van der Waals surface area (Å²) in [7, 11) is 1.73. The number of hydrogen-bond donors (Lipinski definition) is 0. The van der Waals surface area contributed by atoms with E-state index in [2.05, 4.69) is 5.10 Å². The number of rotatable bonds is 3. The van der Waals surface area contributed by atoms with Crippen molar-refractivity contribution in [3.63, 3.8) is 0 Å². The lowest BCUT2D eigenvalue weighted by Gasteiger charge is -2.22. The van der Waals surface area contributed by atoms with Crippen LogP contribution in [0.1, 0.15) is 28.0 Å². The summed E-state index contributed by atoms with van der Waals surface area (Å²) in [5, 5.41) is 6.49. The Kier molecular flexibility index (Phi) is 3.92. The van der Waals surface area contributed by atoms with Gasteiger partial charge in [0.15, 0.2) is 17.9 Å². The number of carbonyl (C=O) groups is 1. The number of aromatic nitrogens is 2. The lowest BCUT2D eigenvalue weighted by Crippen LogP contribution is -2.12. The zero-order chi connectivity index (χ0) is 17.6. The minimum Gasteiger partial charge on any atom is -0.490 e. The Morgan fingerprint density at radius 1 is 1.44 bits per heavy atom. The Bertz CT molecular complexity index is 961. The van der Waals surface area contributed by atoms with Gasteiger partial charge in [-0.1, -0.05) is 6.07 Å². The van der Waals surface area contributed by atoms with E-state index < -0.39 is 0 Å². The second-order valence-corrected chi connectivity index (χ2v) is 7.07. The Labute approximate surface area is 148 Å². The number of nitrogens with zero attached hydrogens (tertiary/aromatic N) is 2. The first-order chi connectivity index (χ1) is 12.1. The van der Waals surface area contributed by atoms with Gasteiger partial charge in [0.25, 0.3) is 0 Å². The molecule has 0 saturated carbocycles. The first kappa shape index (κ1) is 16.0. The largest absolute Gasteiger partial charge is 0.490 e. The van der Waals surface area contributed by atoms with E-state index in [-0.39, 0.29) is 5.82 Å². The van der Waals surface area contributed by atoms with Gasteiger partial charge in [0, 0.05) is 18.2 Å². The van der Waals surface area contributed by atoms with Crippen molar-refractivity contribution in [2.24, 2.45) is 7.05 Å². The van der Waals surface area contributed by atoms with Gasteiger partial charge in [-0.2, -0.15) is 5.10 Å². The maximum atomic E-state index is 14.7. The van der Waals surface area contributed by atoms with Crippen LogP contribution in [0.3, 0.4) is 0 Å². The first-order valence-corrected chi connectivity index (χ1v) is 9.01. The lowest BCUT2D eigenvalue weighted by molar-refractivity contribution is 0.111. The summed E-state index contributed by atoms with van der Waals surface area (Å²) >= 11 is 1.55. The predicted octanol–water partition coefficient (Wildman–Crippen LogP) is 4.40. The smallest absolute Gasteiger partial charge is 0.168 e. The average molecular weight is 356 g/mol. The predicted molar refractivity (Wildman–Crippen MR) is 95.9 cm³/mol. The van der Waals surface area contributed by atoms with E-state index >= 15 is 0 Å².